The third-order valence-electron chi connectivity index (χ3n) is 2.70. The van der Waals surface area contributed by atoms with E-state index in [0.29, 0.717) is 13.0 Å². The molecule has 0 saturated carbocycles. The van der Waals surface area contributed by atoms with Crippen LogP contribution in [0.5, 0.6) is 0 Å². The molecule has 1 unspecified atom stereocenters. The van der Waals surface area contributed by atoms with E-state index in [0.717, 1.165) is 0 Å². The van der Waals surface area contributed by atoms with Gasteiger partial charge >= 0.3 is 0 Å². The van der Waals surface area contributed by atoms with Crippen LogP contribution >= 0.6 is 0 Å². The SMILES string of the molecule is CC1(O)CCN(S(=O)(=O)c2cnc(N)nc2)C1. The maximum atomic E-state index is 12.1. The molecule has 0 bridgehead atoms. The number of nitrogens with two attached hydrogens (primary N) is 1. The van der Waals surface area contributed by atoms with Crippen molar-refractivity contribution in [3.63, 3.8) is 0 Å². The fraction of sp³-hybridized carbons (Fsp3) is 0.556. The van der Waals surface area contributed by atoms with E-state index in [4.69, 9.17) is 5.73 Å². The molecule has 1 aliphatic heterocycles. The normalized spacial score (nSPS) is 26.2. The molecule has 0 amide bonds. The average molecular weight is 258 g/mol. The Labute approximate surface area is 99.3 Å². The van der Waals surface area contributed by atoms with E-state index in [2.05, 4.69) is 9.97 Å². The molecule has 7 nitrogen and oxygen atoms in total. The molecular weight excluding hydrogens is 244 g/mol. The molecule has 0 spiro atoms. The molecule has 1 fully saturated rings. The molecule has 3 N–H and O–H groups in total. The van der Waals surface area contributed by atoms with E-state index in [9.17, 15) is 13.5 Å². The van der Waals surface area contributed by atoms with Gasteiger partial charge in [-0.3, -0.25) is 0 Å². The zero-order valence-corrected chi connectivity index (χ0v) is 10.2. The highest BCUT2D eigenvalue weighted by Gasteiger charge is 2.38. The minimum Gasteiger partial charge on any atom is -0.389 e. The summed E-state index contributed by atoms with van der Waals surface area (Å²) in [6, 6.07) is 0. The van der Waals surface area contributed by atoms with Gasteiger partial charge in [-0.25, -0.2) is 18.4 Å². The molecule has 1 aliphatic rings. The number of hydrogen-bond donors (Lipinski definition) is 2. The molecule has 2 heterocycles. The molecule has 0 radical (unpaired) electrons. The van der Waals surface area contributed by atoms with Crippen molar-refractivity contribution in [2.24, 2.45) is 0 Å². The summed E-state index contributed by atoms with van der Waals surface area (Å²) in [6.45, 7) is 1.99. The first kappa shape index (κ1) is 12.2. The highest BCUT2D eigenvalue weighted by molar-refractivity contribution is 7.89. The standard InChI is InChI=1S/C9H14N4O3S/c1-9(14)2-3-13(6-9)17(15,16)7-4-11-8(10)12-5-7/h4-5,14H,2-3,6H2,1H3,(H2,10,11,12). The lowest BCUT2D eigenvalue weighted by Gasteiger charge is -2.18. The Morgan fingerprint density at radius 2 is 2.06 bits per heavy atom. The lowest BCUT2D eigenvalue weighted by atomic mass is 10.1. The van der Waals surface area contributed by atoms with Crippen LogP contribution in [0.4, 0.5) is 5.95 Å². The van der Waals surface area contributed by atoms with Crippen LogP contribution < -0.4 is 5.73 Å². The van der Waals surface area contributed by atoms with Gasteiger partial charge in [0.25, 0.3) is 0 Å². The zero-order chi connectivity index (χ0) is 12.7. The molecular formula is C9H14N4O3S. The summed E-state index contributed by atoms with van der Waals surface area (Å²) in [7, 11) is -3.63. The second-order valence-electron chi connectivity index (χ2n) is 4.36. The van der Waals surface area contributed by atoms with Gasteiger partial charge in [0.2, 0.25) is 16.0 Å². The molecule has 2 rings (SSSR count). The van der Waals surface area contributed by atoms with Gasteiger partial charge < -0.3 is 10.8 Å². The predicted molar refractivity (Wildman–Crippen MR) is 60.4 cm³/mol. The van der Waals surface area contributed by atoms with Crippen molar-refractivity contribution in [3.8, 4) is 0 Å². The highest BCUT2D eigenvalue weighted by Crippen LogP contribution is 2.26. The summed E-state index contributed by atoms with van der Waals surface area (Å²) in [5, 5.41) is 9.76. The molecule has 8 heteroatoms. The van der Waals surface area contributed by atoms with Crippen LogP contribution in [0.25, 0.3) is 0 Å². The lowest BCUT2D eigenvalue weighted by Crippen LogP contribution is -2.34. The van der Waals surface area contributed by atoms with Crippen molar-refractivity contribution in [3.05, 3.63) is 12.4 Å². The van der Waals surface area contributed by atoms with E-state index in [1.807, 2.05) is 0 Å². The van der Waals surface area contributed by atoms with Gasteiger partial charge in [-0.15, -0.1) is 0 Å². The van der Waals surface area contributed by atoms with E-state index in [-0.39, 0.29) is 17.4 Å². The molecule has 1 aromatic heterocycles. The topological polar surface area (TPSA) is 109 Å². The molecule has 0 aliphatic carbocycles. The minimum absolute atomic E-state index is 0.00981. The quantitative estimate of drug-likeness (QED) is 0.719. The van der Waals surface area contributed by atoms with Crippen molar-refractivity contribution in [1.29, 1.82) is 0 Å². The van der Waals surface area contributed by atoms with Crippen LogP contribution in [0.1, 0.15) is 13.3 Å². The van der Waals surface area contributed by atoms with Crippen molar-refractivity contribution in [2.75, 3.05) is 18.8 Å². The van der Waals surface area contributed by atoms with E-state index in [1.54, 1.807) is 6.92 Å². The van der Waals surface area contributed by atoms with Gasteiger partial charge in [-0.1, -0.05) is 0 Å². The average Bonchev–Trinajstić information content (AvgIpc) is 2.60. The monoisotopic (exact) mass is 258 g/mol. The Balaban J connectivity index is 2.29. The van der Waals surface area contributed by atoms with Gasteiger partial charge in [-0.2, -0.15) is 4.31 Å². The van der Waals surface area contributed by atoms with Gasteiger partial charge in [0.1, 0.15) is 4.90 Å². The molecule has 1 aromatic rings. The Morgan fingerprint density at radius 1 is 1.47 bits per heavy atom. The van der Waals surface area contributed by atoms with Gasteiger partial charge in [0.15, 0.2) is 0 Å². The summed E-state index contributed by atoms with van der Waals surface area (Å²) >= 11 is 0. The first-order valence-electron chi connectivity index (χ1n) is 5.11. The summed E-state index contributed by atoms with van der Waals surface area (Å²) in [5.74, 6) is 0.0253. The maximum Gasteiger partial charge on any atom is 0.246 e. The number of nitrogen functional groups attached to an aromatic ring is 1. The Kier molecular flexibility index (Phi) is 2.80. The summed E-state index contributed by atoms with van der Waals surface area (Å²) in [6.07, 6.45) is 2.76. The largest absolute Gasteiger partial charge is 0.389 e. The molecule has 0 aromatic carbocycles. The lowest BCUT2D eigenvalue weighted by molar-refractivity contribution is 0.0762. The molecule has 94 valence electrons. The first-order valence-corrected chi connectivity index (χ1v) is 6.55. The summed E-state index contributed by atoms with van der Waals surface area (Å²) < 4.78 is 25.5. The van der Waals surface area contributed by atoms with Crippen molar-refractivity contribution >= 4 is 16.0 Å². The Bertz CT molecular complexity index is 512. The number of β-amino-alcohol motifs (C(OH)–C–C–N with tert-alkyl or cyclic N) is 1. The second kappa shape index (κ2) is 3.90. The molecule has 1 saturated heterocycles. The molecule has 1 atom stereocenters. The smallest absolute Gasteiger partial charge is 0.246 e. The van der Waals surface area contributed by atoms with Gasteiger partial charge in [-0.05, 0) is 13.3 Å². The highest BCUT2D eigenvalue weighted by atomic mass is 32.2. The number of hydrogen-bond acceptors (Lipinski definition) is 6. The minimum atomic E-state index is -3.63. The maximum absolute atomic E-state index is 12.1. The number of aromatic nitrogens is 2. The number of nitrogens with zero attached hydrogens (tertiary/aromatic N) is 3. The van der Waals surface area contributed by atoms with Crippen molar-refractivity contribution in [1.82, 2.24) is 14.3 Å². The van der Waals surface area contributed by atoms with Crippen molar-refractivity contribution < 1.29 is 13.5 Å². The Hall–Kier alpha value is -1.25. The van der Waals surface area contributed by atoms with Gasteiger partial charge in [0.05, 0.1) is 18.0 Å². The third-order valence-corrected chi connectivity index (χ3v) is 4.50. The fourth-order valence-electron chi connectivity index (χ4n) is 1.72. The van der Waals surface area contributed by atoms with E-state index < -0.39 is 15.6 Å². The number of sulfonamides is 1. The Morgan fingerprint density at radius 3 is 2.53 bits per heavy atom. The summed E-state index contributed by atoms with van der Waals surface area (Å²) in [5.41, 5.74) is 4.33. The van der Waals surface area contributed by atoms with Gasteiger partial charge in [0, 0.05) is 13.1 Å². The zero-order valence-electron chi connectivity index (χ0n) is 9.37. The van der Waals surface area contributed by atoms with Crippen LogP contribution in [0.2, 0.25) is 0 Å². The summed E-state index contributed by atoms with van der Waals surface area (Å²) in [4.78, 5) is 7.29. The van der Waals surface area contributed by atoms with Crippen LogP contribution in [0.15, 0.2) is 17.3 Å². The number of rotatable bonds is 2. The van der Waals surface area contributed by atoms with Crippen LogP contribution in [0.3, 0.4) is 0 Å². The van der Waals surface area contributed by atoms with Crippen LogP contribution in [0, 0.1) is 0 Å². The third kappa shape index (κ3) is 2.38. The first-order chi connectivity index (χ1) is 7.81. The van der Waals surface area contributed by atoms with E-state index >= 15 is 0 Å². The number of anilines is 1. The van der Waals surface area contributed by atoms with Crippen molar-refractivity contribution in [2.45, 2.75) is 23.8 Å². The second-order valence-corrected chi connectivity index (χ2v) is 6.30. The predicted octanol–water partition coefficient (Wildman–Crippen LogP) is -0.796. The van der Waals surface area contributed by atoms with E-state index in [1.165, 1.54) is 16.7 Å². The van der Waals surface area contributed by atoms with Crippen LogP contribution in [-0.4, -0.2) is 46.5 Å². The molecule has 17 heavy (non-hydrogen) atoms. The fourth-order valence-corrected chi connectivity index (χ4v) is 3.17. The van der Waals surface area contributed by atoms with Crippen LogP contribution in [-0.2, 0) is 10.0 Å². The number of aliphatic hydroxyl groups is 1.